The number of aliphatic hydroxyl groups is 1. The summed E-state index contributed by atoms with van der Waals surface area (Å²) in [5.41, 5.74) is 3.22. The molecule has 0 radical (unpaired) electrons. The molecule has 0 amide bonds. The molecular weight excluding hydrogens is 375 g/mol. The molecular formula is C15H13Br2FO. The summed E-state index contributed by atoms with van der Waals surface area (Å²) < 4.78 is 15.1. The Kier molecular flexibility index (Phi) is 4.43. The molecule has 100 valence electrons. The first-order chi connectivity index (χ1) is 8.90. The van der Waals surface area contributed by atoms with Crippen molar-refractivity contribution in [2.75, 3.05) is 0 Å². The van der Waals surface area contributed by atoms with Crippen molar-refractivity contribution >= 4 is 31.9 Å². The third-order valence-corrected chi connectivity index (χ3v) is 4.65. The fraction of sp³-hybridized carbons (Fsp3) is 0.200. The van der Waals surface area contributed by atoms with Crippen molar-refractivity contribution in [2.45, 2.75) is 20.0 Å². The summed E-state index contributed by atoms with van der Waals surface area (Å²) >= 11 is 6.90. The Hall–Kier alpha value is -0.710. The van der Waals surface area contributed by atoms with E-state index in [-0.39, 0.29) is 5.82 Å². The minimum Gasteiger partial charge on any atom is -0.384 e. The van der Waals surface area contributed by atoms with Gasteiger partial charge in [-0.3, -0.25) is 0 Å². The molecule has 2 rings (SSSR count). The lowest BCUT2D eigenvalue weighted by Gasteiger charge is -2.17. The van der Waals surface area contributed by atoms with Gasteiger partial charge in [0.05, 0.1) is 0 Å². The van der Waals surface area contributed by atoms with E-state index < -0.39 is 6.10 Å². The Balaban J connectivity index is 2.52. The second-order valence-corrected chi connectivity index (χ2v) is 6.24. The van der Waals surface area contributed by atoms with Crippen LogP contribution in [0.15, 0.2) is 39.3 Å². The summed E-state index contributed by atoms with van der Waals surface area (Å²) in [4.78, 5) is 0. The van der Waals surface area contributed by atoms with E-state index in [2.05, 4.69) is 31.9 Å². The first kappa shape index (κ1) is 14.7. The van der Waals surface area contributed by atoms with Gasteiger partial charge in [0.2, 0.25) is 0 Å². The van der Waals surface area contributed by atoms with Gasteiger partial charge in [0.25, 0.3) is 0 Å². The first-order valence-corrected chi connectivity index (χ1v) is 7.38. The van der Waals surface area contributed by atoms with Crippen LogP contribution in [0.5, 0.6) is 0 Å². The molecule has 1 unspecified atom stereocenters. The van der Waals surface area contributed by atoms with Crippen LogP contribution in [0.4, 0.5) is 4.39 Å². The predicted octanol–water partition coefficient (Wildman–Crippen LogP) is 5.05. The molecule has 0 saturated carbocycles. The average molecular weight is 388 g/mol. The van der Waals surface area contributed by atoms with Crippen LogP contribution in [0.3, 0.4) is 0 Å². The maximum Gasteiger partial charge on any atom is 0.123 e. The second-order valence-electron chi connectivity index (χ2n) is 4.53. The third kappa shape index (κ3) is 3.07. The van der Waals surface area contributed by atoms with Gasteiger partial charge in [0, 0.05) is 14.5 Å². The van der Waals surface area contributed by atoms with Crippen molar-refractivity contribution in [2.24, 2.45) is 0 Å². The van der Waals surface area contributed by atoms with Crippen molar-refractivity contribution < 1.29 is 9.50 Å². The van der Waals surface area contributed by atoms with E-state index in [1.165, 1.54) is 12.1 Å². The van der Waals surface area contributed by atoms with E-state index in [1.54, 1.807) is 6.07 Å². The summed E-state index contributed by atoms with van der Waals surface area (Å²) in [7, 11) is 0. The smallest absolute Gasteiger partial charge is 0.123 e. The van der Waals surface area contributed by atoms with E-state index in [0.29, 0.717) is 11.1 Å². The maximum atomic E-state index is 13.3. The number of hydrogen-bond acceptors (Lipinski definition) is 1. The number of benzene rings is 2. The van der Waals surface area contributed by atoms with Crippen LogP contribution in [-0.4, -0.2) is 5.11 Å². The number of rotatable bonds is 2. The first-order valence-electron chi connectivity index (χ1n) is 5.80. The van der Waals surface area contributed by atoms with E-state index in [0.717, 1.165) is 20.1 Å². The highest BCUT2D eigenvalue weighted by atomic mass is 79.9. The molecule has 1 nitrogen and oxygen atoms in total. The van der Waals surface area contributed by atoms with Crippen LogP contribution in [0.1, 0.15) is 28.4 Å². The number of hydrogen-bond donors (Lipinski definition) is 1. The Bertz CT molecular complexity index is 626. The summed E-state index contributed by atoms with van der Waals surface area (Å²) in [6.07, 6.45) is -0.859. The Morgan fingerprint density at radius 1 is 0.947 bits per heavy atom. The predicted molar refractivity (Wildman–Crippen MR) is 81.8 cm³/mol. The minimum absolute atomic E-state index is 0.345. The zero-order chi connectivity index (χ0) is 14.2. The number of halogens is 3. The zero-order valence-corrected chi connectivity index (χ0v) is 13.7. The quantitative estimate of drug-likeness (QED) is 0.764. The molecule has 1 atom stereocenters. The van der Waals surface area contributed by atoms with E-state index in [4.69, 9.17) is 0 Å². The van der Waals surface area contributed by atoms with Crippen LogP contribution in [-0.2, 0) is 0 Å². The monoisotopic (exact) mass is 386 g/mol. The molecule has 0 spiro atoms. The van der Waals surface area contributed by atoms with Gasteiger partial charge in [-0.25, -0.2) is 4.39 Å². The van der Waals surface area contributed by atoms with Gasteiger partial charge < -0.3 is 5.11 Å². The fourth-order valence-corrected chi connectivity index (χ4v) is 2.98. The van der Waals surface area contributed by atoms with Gasteiger partial charge in [-0.1, -0.05) is 37.9 Å². The molecule has 0 aliphatic heterocycles. The van der Waals surface area contributed by atoms with Crippen LogP contribution in [0.2, 0.25) is 0 Å². The van der Waals surface area contributed by atoms with E-state index >= 15 is 0 Å². The molecule has 0 fully saturated rings. The lowest BCUT2D eigenvalue weighted by molar-refractivity contribution is 0.218. The molecule has 0 heterocycles. The van der Waals surface area contributed by atoms with E-state index in [9.17, 15) is 9.50 Å². The van der Waals surface area contributed by atoms with Crippen molar-refractivity contribution in [3.8, 4) is 0 Å². The molecule has 19 heavy (non-hydrogen) atoms. The highest BCUT2D eigenvalue weighted by Gasteiger charge is 2.17. The molecule has 4 heteroatoms. The normalized spacial score (nSPS) is 12.5. The second kappa shape index (κ2) is 5.73. The average Bonchev–Trinajstić information content (AvgIpc) is 2.36. The van der Waals surface area contributed by atoms with Gasteiger partial charge in [-0.2, -0.15) is 0 Å². The Morgan fingerprint density at radius 2 is 1.63 bits per heavy atom. The van der Waals surface area contributed by atoms with Gasteiger partial charge in [0.1, 0.15) is 11.9 Å². The van der Waals surface area contributed by atoms with Crippen LogP contribution >= 0.6 is 31.9 Å². The van der Waals surface area contributed by atoms with Crippen LogP contribution < -0.4 is 0 Å². The van der Waals surface area contributed by atoms with Crippen molar-refractivity contribution in [3.05, 3.63) is 67.3 Å². The summed E-state index contributed by atoms with van der Waals surface area (Å²) in [6.45, 7) is 3.83. The largest absolute Gasteiger partial charge is 0.384 e. The molecule has 0 aromatic heterocycles. The summed E-state index contributed by atoms with van der Waals surface area (Å²) in [5.74, 6) is -0.345. The molecule has 0 aliphatic carbocycles. The Labute approximate surface area is 128 Å². The Morgan fingerprint density at radius 3 is 2.32 bits per heavy atom. The van der Waals surface area contributed by atoms with Crippen molar-refractivity contribution in [1.82, 2.24) is 0 Å². The third-order valence-electron chi connectivity index (χ3n) is 3.11. The topological polar surface area (TPSA) is 20.2 Å². The summed E-state index contributed by atoms with van der Waals surface area (Å²) in [5, 5.41) is 10.5. The van der Waals surface area contributed by atoms with Crippen LogP contribution in [0.25, 0.3) is 0 Å². The summed E-state index contributed by atoms with van der Waals surface area (Å²) in [6, 6.07) is 8.22. The van der Waals surface area contributed by atoms with Crippen LogP contribution in [0, 0.1) is 19.7 Å². The molecule has 0 saturated heterocycles. The van der Waals surface area contributed by atoms with Crippen molar-refractivity contribution in [1.29, 1.82) is 0 Å². The fourth-order valence-electron chi connectivity index (χ4n) is 1.94. The SMILES string of the molecule is Cc1cc(Br)c(C(O)c2cc(F)ccc2C)cc1Br. The number of aliphatic hydroxyl groups excluding tert-OH is 1. The van der Waals surface area contributed by atoms with E-state index in [1.807, 2.05) is 26.0 Å². The zero-order valence-electron chi connectivity index (χ0n) is 10.5. The van der Waals surface area contributed by atoms with Gasteiger partial charge in [0.15, 0.2) is 0 Å². The highest BCUT2D eigenvalue weighted by Crippen LogP contribution is 2.34. The van der Waals surface area contributed by atoms with Crippen molar-refractivity contribution in [3.63, 3.8) is 0 Å². The number of aryl methyl sites for hydroxylation is 2. The maximum absolute atomic E-state index is 13.3. The van der Waals surface area contributed by atoms with Gasteiger partial charge >= 0.3 is 0 Å². The molecule has 2 aromatic rings. The molecule has 0 bridgehead atoms. The van der Waals surface area contributed by atoms with Gasteiger partial charge in [-0.05, 0) is 54.8 Å². The lowest BCUT2D eigenvalue weighted by Crippen LogP contribution is -2.04. The lowest BCUT2D eigenvalue weighted by atomic mass is 9.97. The van der Waals surface area contributed by atoms with Gasteiger partial charge in [-0.15, -0.1) is 0 Å². The molecule has 2 aromatic carbocycles. The standard InChI is InChI=1S/C15H13Br2FO/c1-8-3-4-10(18)6-11(8)15(19)12-7-13(16)9(2)5-14(12)17/h3-7,15,19H,1-2H3. The minimum atomic E-state index is -0.859. The molecule has 1 N–H and O–H groups in total. The molecule has 0 aliphatic rings. The highest BCUT2D eigenvalue weighted by molar-refractivity contribution is 9.11.